The minimum Gasteiger partial charge on any atom is -0.378 e. The molecular weight excluding hydrogens is 268 g/mol. The quantitative estimate of drug-likeness (QED) is 0.892. The average Bonchev–Trinajstić information content (AvgIpc) is 2.94. The van der Waals surface area contributed by atoms with E-state index in [1.807, 2.05) is 0 Å². The molecule has 0 aliphatic carbocycles. The lowest BCUT2D eigenvalue weighted by Crippen LogP contribution is -2.38. The Labute approximate surface area is 125 Å². The van der Waals surface area contributed by atoms with E-state index < -0.39 is 0 Å². The van der Waals surface area contributed by atoms with Crippen LogP contribution < -0.4 is 15.1 Å². The standard InChI is InChI=1S/C14H24N6O/c1-3-15-12-16-13(19-7-9-21-10-8-19)18-14(17-12)20-6-4-5-11(20)2/h11H,3-10H2,1-2H3,(H,15,16,17,18). The summed E-state index contributed by atoms with van der Waals surface area (Å²) in [5.74, 6) is 2.23. The Balaban J connectivity index is 1.89. The predicted octanol–water partition coefficient (Wildman–Crippen LogP) is 1.13. The van der Waals surface area contributed by atoms with Gasteiger partial charge in [0.05, 0.1) is 13.2 Å². The van der Waals surface area contributed by atoms with Crippen LogP contribution in [0.15, 0.2) is 0 Å². The van der Waals surface area contributed by atoms with E-state index in [0.717, 1.165) is 51.3 Å². The van der Waals surface area contributed by atoms with Gasteiger partial charge in [0.2, 0.25) is 17.8 Å². The summed E-state index contributed by atoms with van der Waals surface area (Å²) in [6.07, 6.45) is 2.41. The van der Waals surface area contributed by atoms with Crippen molar-refractivity contribution in [1.82, 2.24) is 15.0 Å². The normalized spacial score (nSPS) is 22.7. The number of nitrogens with one attached hydrogen (secondary N) is 1. The second-order valence-corrected chi connectivity index (χ2v) is 5.57. The smallest absolute Gasteiger partial charge is 0.232 e. The molecule has 7 heteroatoms. The van der Waals surface area contributed by atoms with Gasteiger partial charge in [-0.25, -0.2) is 0 Å². The molecule has 1 atom stereocenters. The highest BCUT2D eigenvalue weighted by Gasteiger charge is 2.25. The minimum atomic E-state index is 0.499. The van der Waals surface area contributed by atoms with Gasteiger partial charge in [0.15, 0.2) is 0 Å². The van der Waals surface area contributed by atoms with E-state index in [-0.39, 0.29) is 0 Å². The van der Waals surface area contributed by atoms with Gasteiger partial charge in [-0.3, -0.25) is 0 Å². The molecule has 116 valence electrons. The summed E-state index contributed by atoms with van der Waals surface area (Å²) in [6, 6.07) is 0.499. The largest absolute Gasteiger partial charge is 0.378 e. The van der Waals surface area contributed by atoms with Gasteiger partial charge in [0.1, 0.15) is 0 Å². The highest BCUT2D eigenvalue weighted by Crippen LogP contribution is 2.24. The Kier molecular flexibility index (Phi) is 4.38. The molecule has 0 saturated carbocycles. The Bertz CT molecular complexity index is 477. The molecule has 2 saturated heterocycles. The van der Waals surface area contributed by atoms with E-state index in [9.17, 15) is 0 Å². The fourth-order valence-corrected chi connectivity index (χ4v) is 2.85. The zero-order chi connectivity index (χ0) is 14.7. The molecule has 1 unspecified atom stereocenters. The van der Waals surface area contributed by atoms with E-state index in [1.54, 1.807) is 0 Å². The van der Waals surface area contributed by atoms with Gasteiger partial charge < -0.3 is 19.9 Å². The molecule has 0 amide bonds. The molecule has 2 aliphatic rings. The molecule has 1 aromatic heterocycles. The summed E-state index contributed by atoms with van der Waals surface area (Å²) in [5.41, 5.74) is 0. The van der Waals surface area contributed by atoms with Gasteiger partial charge in [0, 0.05) is 32.2 Å². The van der Waals surface area contributed by atoms with E-state index in [0.29, 0.717) is 12.0 Å². The Morgan fingerprint density at radius 1 is 1.14 bits per heavy atom. The predicted molar refractivity (Wildman–Crippen MR) is 83.1 cm³/mol. The van der Waals surface area contributed by atoms with Crippen LogP contribution in [0.5, 0.6) is 0 Å². The summed E-state index contributed by atoms with van der Waals surface area (Å²) in [6.45, 7) is 9.26. The summed E-state index contributed by atoms with van der Waals surface area (Å²) in [4.78, 5) is 18.3. The van der Waals surface area contributed by atoms with Crippen LogP contribution in [0.2, 0.25) is 0 Å². The fraction of sp³-hybridized carbons (Fsp3) is 0.786. The first-order valence-corrected chi connectivity index (χ1v) is 7.87. The zero-order valence-corrected chi connectivity index (χ0v) is 12.9. The maximum absolute atomic E-state index is 5.41. The molecule has 3 heterocycles. The van der Waals surface area contributed by atoms with Crippen LogP contribution in [-0.4, -0.2) is 60.4 Å². The summed E-state index contributed by atoms with van der Waals surface area (Å²) in [5, 5.41) is 3.22. The molecule has 0 aromatic carbocycles. The number of ether oxygens (including phenoxy) is 1. The van der Waals surface area contributed by atoms with Crippen molar-refractivity contribution in [2.45, 2.75) is 32.7 Å². The Hall–Kier alpha value is -1.63. The third-order valence-corrected chi connectivity index (χ3v) is 4.05. The highest BCUT2D eigenvalue weighted by atomic mass is 16.5. The van der Waals surface area contributed by atoms with E-state index in [2.05, 4.69) is 38.9 Å². The maximum atomic E-state index is 5.41. The van der Waals surface area contributed by atoms with Crippen LogP contribution in [-0.2, 0) is 4.74 Å². The number of nitrogens with zero attached hydrogens (tertiary/aromatic N) is 5. The van der Waals surface area contributed by atoms with Crippen molar-refractivity contribution in [3.8, 4) is 0 Å². The lowest BCUT2D eigenvalue weighted by atomic mass is 10.2. The lowest BCUT2D eigenvalue weighted by molar-refractivity contribution is 0.122. The number of aromatic nitrogens is 3. The molecular formula is C14H24N6O. The maximum Gasteiger partial charge on any atom is 0.232 e. The summed E-state index contributed by atoms with van der Waals surface area (Å²) >= 11 is 0. The molecule has 0 radical (unpaired) electrons. The molecule has 2 fully saturated rings. The van der Waals surface area contributed by atoms with Crippen molar-refractivity contribution in [3.05, 3.63) is 0 Å². The van der Waals surface area contributed by atoms with E-state index >= 15 is 0 Å². The van der Waals surface area contributed by atoms with Gasteiger partial charge in [0.25, 0.3) is 0 Å². The Morgan fingerprint density at radius 3 is 2.57 bits per heavy atom. The third-order valence-electron chi connectivity index (χ3n) is 4.05. The molecule has 0 bridgehead atoms. The molecule has 7 nitrogen and oxygen atoms in total. The van der Waals surface area contributed by atoms with Gasteiger partial charge in [-0.15, -0.1) is 0 Å². The average molecular weight is 292 g/mol. The zero-order valence-electron chi connectivity index (χ0n) is 12.9. The molecule has 1 N–H and O–H groups in total. The molecule has 21 heavy (non-hydrogen) atoms. The first-order valence-electron chi connectivity index (χ1n) is 7.87. The molecule has 0 spiro atoms. The number of anilines is 3. The number of morpholine rings is 1. The van der Waals surface area contributed by atoms with E-state index in [4.69, 9.17) is 9.72 Å². The molecule has 1 aromatic rings. The first kappa shape index (κ1) is 14.3. The van der Waals surface area contributed by atoms with Crippen molar-refractivity contribution in [3.63, 3.8) is 0 Å². The first-order chi connectivity index (χ1) is 10.3. The Morgan fingerprint density at radius 2 is 1.90 bits per heavy atom. The van der Waals surface area contributed by atoms with Crippen LogP contribution in [0, 0.1) is 0 Å². The topological polar surface area (TPSA) is 66.4 Å². The number of hydrogen-bond acceptors (Lipinski definition) is 7. The number of rotatable bonds is 4. The van der Waals surface area contributed by atoms with Crippen LogP contribution in [0.3, 0.4) is 0 Å². The van der Waals surface area contributed by atoms with Gasteiger partial charge in [-0.05, 0) is 26.7 Å². The van der Waals surface area contributed by atoms with Crippen molar-refractivity contribution in [1.29, 1.82) is 0 Å². The second kappa shape index (κ2) is 6.43. The fourth-order valence-electron chi connectivity index (χ4n) is 2.85. The van der Waals surface area contributed by atoms with Crippen molar-refractivity contribution >= 4 is 17.8 Å². The summed E-state index contributed by atoms with van der Waals surface area (Å²) in [7, 11) is 0. The second-order valence-electron chi connectivity index (χ2n) is 5.57. The SMILES string of the molecule is CCNc1nc(N2CCOCC2)nc(N2CCCC2C)n1. The van der Waals surface area contributed by atoms with Crippen molar-refractivity contribution < 1.29 is 4.74 Å². The van der Waals surface area contributed by atoms with Gasteiger partial charge >= 0.3 is 0 Å². The summed E-state index contributed by atoms with van der Waals surface area (Å²) < 4.78 is 5.41. The van der Waals surface area contributed by atoms with E-state index in [1.165, 1.54) is 12.8 Å². The van der Waals surface area contributed by atoms with Gasteiger partial charge in [-0.1, -0.05) is 0 Å². The minimum absolute atomic E-state index is 0.499. The lowest BCUT2D eigenvalue weighted by Gasteiger charge is -2.28. The molecule has 2 aliphatic heterocycles. The van der Waals surface area contributed by atoms with Crippen molar-refractivity contribution in [2.24, 2.45) is 0 Å². The van der Waals surface area contributed by atoms with Crippen LogP contribution in [0.25, 0.3) is 0 Å². The van der Waals surface area contributed by atoms with Gasteiger partial charge in [-0.2, -0.15) is 15.0 Å². The van der Waals surface area contributed by atoms with Crippen LogP contribution in [0.4, 0.5) is 17.8 Å². The van der Waals surface area contributed by atoms with Crippen molar-refractivity contribution in [2.75, 3.05) is 54.5 Å². The van der Waals surface area contributed by atoms with Crippen LogP contribution in [0.1, 0.15) is 26.7 Å². The highest BCUT2D eigenvalue weighted by molar-refractivity contribution is 5.46. The monoisotopic (exact) mass is 292 g/mol. The van der Waals surface area contributed by atoms with Crippen LogP contribution >= 0.6 is 0 Å². The molecule has 3 rings (SSSR count). The third kappa shape index (κ3) is 3.18. The number of hydrogen-bond donors (Lipinski definition) is 1.